The Labute approximate surface area is 287 Å². The first kappa shape index (κ1) is 35.2. The van der Waals surface area contributed by atoms with E-state index >= 15 is 0 Å². The Kier molecular flexibility index (Phi) is 12.0. The number of aryl methyl sites for hydroxylation is 1. The van der Waals surface area contributed by atoms with Crippen LogP contribution in [0.4, 0.5) is 5.69 Å². The molecule has 0 radical (unpaired) electrons. The number of anilines is 1. The SMILES string of the molecule is Cc1cc(C(=O)OCc2ccccc2)ccc1-c1ccc(OCCNC[C@@H](O)c2ccc(OCc3ccccc3)c(NS(C)(=O)=O)c2)cc1. The Balaban J connectivity index is 1.08. The molecule has 3 N–H and O–H groups in total. The fraction of sp³-hybridized carbons (Fsp3) is 0.205. The van der Waals surface area contributed by atoms with E-state index in [1.54, 1.807) is 24.3 Å². The van der Waals surface area contributed by atoms with Crippen LogP contribution in [-0.2, 0) is 28.0 Å². The lowest BCUT2D eigenvalue weighted by molar-refractivity contribution is 0.0472. The minimum atomic E-state index is -3.57. The molecule has 10 heteroatoms. The smallest absolute Gasteiger partial charge is 0.338 e. The van der Waals surface area contributed by atoms with Crippen LogP contribution in [0.5, 0.6) is 11.5 Å². The number of rotatable bonds is 16. The number of aliphatic hydroxyl groups is 1. The zero-order valence-electron chi connectivity index (χ0n) is 27.5. The van der Waals surface area contributed by atoms with E-state index in [0.717, 1.165) is 34.1 Å². The van der Waals surface area contributed by atoms with Crippen LogP contribution in [0.15, 0.2) is 121 Å². The highest BCUT2D eigenvalue weighted by Crippen LogP contribution is 2.30. The van der Waals surface area contributed by atoms with Gasteiger partial charge in [-0.1, -0.05) is 84.9 Å². The lowest BCUT2D eigenvalue weighted by atomic mass is 9.98. The lowest BCUT2D eigenvalue weighted by Gasteiger charge is -2.17. The standard InChI is InChI=1S/C39H40N2O7S/c1-28-23-33(39(43)48-27-30-11-7-4-8-12-30)15-19-35(28)31-13-17-34(18-14-31)46-22-21-40-25-37(42)32-16-20-38(36(24-32)41-49(2,44)45)47-26-29-9-5-3-6-10-29/h3-20,23-24,37,40-42H,21-22,25-27H2,1-2H3/t37-/m1/s1. The van der Waals surface area contributed by atoms with Gasteiger partial charge in [0.05, 0.1) is 23.6 Å². The van der Waals surface area contributed by atoms with Crippen LogP contribution in [0.25, 0.3) is 11.1 Å². The molecule has 9 nitrogen and oxygen atoms in total. The summed E-state index contributed by atoms with van der Waals surface area (Å²) in [6.45, 7) is 3.55. The van der Waals surface area contributed by atoms with Gasteiger partial charge < -0.3 is 24.6 Å². The maximum atomic E-state index is 12.6. The summed E-state index contributed by atoms with van der Waals surface area (Å²) in [6.07, 6.45) is 0.182. The average Bonchev–Trinajstić information content (AvgIpc) is 3.10. The number of benzene rings is 5. The largest absolute Gasteiger partial charge is 0.492 e. The number of carbonyl (C=O) groups is 1. The number of aliphatic hydroxyl groups excluding tert-OH is 1. The molecule has 0 fully saturated rings. The van der Waals surface area contributed by atoms with Crippen LogP contribution in [0.3, 0.4) is 0 Å². The number of esters is 1. The Bertz CT molecular complexity index is 1930. The fourth-order valence-electron chi connectivity index (χ4n) is 5.14. The van der Waals surface area contributed by atoms with Crippen molar-refractivity contribution < 1.29 is 32.5 Å². The predicted octanol–water partition coefficient (Wildman–Crippen LogP) is 6.67. The van der Waals surface area contributed by atoms with Gasteiger partial charge in [-0.05, 0) is 76.7 Å². The average molecular weight is 681 g/mol. The second-order valence-corrected chi connectivity index (χ2v) is 13.3. The molecule has 5 rings (SSSR count). The molecule has 0 aromatic heterocycles. The van der Waals surface area contributed by atoms with E-state index in [1.807, 2.05) is 104 Å². The van der Waals surface area contributed by atoms with Crippen molar-refractivity contribution in [2.45, 2.75) is 26.2 Å². The fourth-order valence-corrected chi connectivity index (χ4v) is 5.70. The van der Waals surface area contributed by atoms with Crippen molar-refractivity contribution in [2.24, 2.45) is 0 Å². The maximum Gasteiger partial charge on any atom is 0.338 e. The summed E-state index contributed by atoms with van der Waals surface area (Å²) < 4.78 is 43.7. The molecule has 0 unspecified atom stereocenters. The Morgan fingerprint density at radius 3 is 2.12 bits per heavy atom. The van der Waals surface area contributed by atoms with Crippen LogP contribution in [0.1, 0.15) is 38.7 Å². The topological polar surface area (TPSA) is 123 Å². The van der Waals surface area contributed by atoms with Crippen LogP contribution in [-0.4, -0.2) is 45.4 Å². The Hall–Kier alpha value is -5.16. The first-order chi connectivity index (χ1) is 23.6. The van der Waals surface area contributed by atoms with Gasteiger partial charge in [-0.15, -0.1) is 0 Å². The molecule has 5 aromatic carbocycles. The molecule has 5 aromatic rings. The van der Waals surface area contributed by atoms with E-state index < -0.39 is 16.1 Å². The highest BCUT2D eigenvalue weighted by atomic mass is 32.2. The summed E-state index contributed by atoms with van der Waals surface area (Å²) in [5.74, 6) is 0.704. The first-order valence-corrected chi connectivity index (χ1v) is 17.8. The summed E-state index contributed by atoms with van der Waals surface area (Å²) in [7, 11) is -3.57. The molecule has 0 aliphatic heterocycles. The van der Waals surface area contributed by atoms with Gasteiger partial charge >= 0.3 is 5.97 Å². The molecule has 0 saturated heterocycles. The molecule has 254 valence electrons. The molecule has 0 amide bonds. The van der Waals surface area contributed by atoms with Crippen molar-refractivity contribution in [3.8, 4) is 22.6 Å². The summed E-state index contributed by atoms with van der Waals surface area (Å²) in [5.41, 5.74) is 6.14. The molecule has 0 bridgehead atoms. The molecule has 49 heavy (non-hydrogen) atoms. The van der Waals surface area contributed by atoms with Crippen molar-refractivity contribution in [1.82, 2.24) is 5.32 Å². The number of sulfonamides is 1. The summed E-state index contributed by atoms with van der Waals surface area (Å²) in [6, 6.07) is 37.3. The third-order valence-corrected chi connectivity index (χ3v) is 8.24. The zero-order valence-corrected chi connectivity index (χ0v) is 28.3. The van der Waals surface area contributed by atoms with Crippen LogP contribution in [0.2, 0.25) is 0 Å². The van der Waals surface area contributed by atoms with E-state index in [2.05, 4.69) is 10.0 Å². The summed E-state index contributed by atoms with van der Waals surface area (Å²) in [4.78, 5) is 12.6. The Morgan fingerprint density at radius 1 is 0.796 bits per heavy atom. The highest BCUT2D eigenvalue weighted by Gasteiger charge is 2.15. The van der Waals surface area contributed by atoms with E-state index in [1.165, 1.54) is 0 Å². The molecule has 0 aliphatic carbocycles. The molecule has 0 heterocycles. The number of carbonyl (C=O) groups excluding carboxylic acids is 1. The van der Waals surface area contributed by atoms with Gasteiger partial charge in [-0.3, -0.25) is 4.72 Å². The third-order valence-electron chi connectivity index (χ3n) is 7.65. The second-order valence-electron chi connectivity index (χ2n) is 11.6. The van der Waals surface area contributed by atoms with Gasteiger partial charge in [0, 0.05) is 13.1 Å². The lowest BCUT2D eigenvalue weighted by Crippen LogP contribution is -2.26. The number of nitrogens with one attached hydrogen (secondary N) is 2. The maximum absolute atomic E-state index is 12.6. The minimum Gasteiger partial charge on any atom is -0.492 e. The van der Waals surface area contributed by atoms with Crippen LogP contribution >= 0.6 is 0 Å². The van der Waals surface area contributed by atoms with E-state index in [9.17, 15) is 18.3 Å². The normalized spacial score (nSPS) is 11.8. The number of hydrogen-bond donors (Lipinski definition) is 3. The minimum absolute atomic E-state index is 0.226. The van der Waals surface area contributed by atoms with Crippen molar-refractivity contribution in [3.05, 3.63) is 149 Å². The number of hydrogen-bond acceptors (Lipinski definition) is 8. The summed E-state index contributed by atoms with van der Waals surface area (Å²) in [5, 5.41) is 14.0. The van der Waals surface area contributed by atoms with E-state index in [0.29, 0.717) is 35.8 Å². The quantitative estimate of drug-likeness (QED) is 0.0780. The van der Waals surface area contributed by atoms with E-state index in [4.69, 9.17) is 14.2 Å². The summed E-state index contributed by atoms with van der Waals surface area (Å²) >= 11 is 0. The van der Waals surface area contributed by atoms with Gasteiger partial charge in [0.2, 0.25) is 10.0 Å². The van der Waals surface area contributed by atoms with Gasteiger partial charge in [0.1, 0.15) is 31.3 Å². The van der Waals surface area contributed by atoms with Gasteiger partial charge in [0.25, 0.3) is 0 Å². The van der Waals surface area contributed by atoms with E-state index in [-0.39, 0.29) is 31.4 Å². The van der Waals surface area contributed by atoms with Crippen molar-refractivity contribution in [2.75, 3.05) is 30.7 Å². The monoisotopic (exact) mass is 680 g/mol. The molecule has 0 aliphatic rings. The number of ether oxygens (including phenoxy) is 3. The third kappa shape index (κ3) is 10.7. The van der Waals surface area contributed by atoms with Crippen molar-refractivity contribution in [1.29, 1.82) is 0 Å². The Morgan fingerprint density at radius 2 is 1.47 bits per heavy atom. The zero-order chi connectivity index (χ0) is 34.6. The van der Waals surface area contributed by atoms with Crippen LogP contribution in [0, 0.1) is 6.92 Å². The molecular formula is C39H40N2O7S. The predicted molar refractivity (Wildman–Crippen MR) is 191 cm³/mol. The molecular weight excluding hydrogens is 641 g/mol. The first-order valence-electron chi connectivity index (χ1n) is 15.9. The van der Waals surface area contributed by atoms with Crippen molar-refractivity contribution in [3.63, 3.8) is 0 Å². The van der Waals surface area contributed by atoms with Gasteiger partial charge in [-0.25, -0.2) is 13.2 Å². The molecule has 1 atom stereocenters. The second kappa shape index (κ2) is 16.8. The van der Waals surface area contributed by atoms with Gasteiger partial charge in [-0.2, -0.15) is 0 Å². The van der Waals surface area contributed by atoms with Gasteiger partial charge in [0.15, 0.2) is 0 Å². The molecule has 0 spiro atoms. The van der Waals surface area contributed by atoms with Crippen LogP contribution < -0.4 is 19.5 Å². The highest BCUT2D eigenvalue weighted by molar-refractivity contribution is 7.92. The molecule has 0 saturated carbocycles. The van der Waals surface area contributed by atoms with Crippen molar-refractivity contribution >= 4 is 21.7 Å².